The van der Waals surface area contributed by atoms with Crippen LogP contribution in [0.1, 0.15) is 40.5 Å². The van der Waals surface area contributed by atoms with E-state index in [0.717, 1.165) is 58.7 Å². The number of rotatable bonds is 4. The van der Waals surface area contributed by atoms with Crippen LogP contribution in [-0.4, -0.2) is 89.4 Å². The average molecular weight is 324 g/mol. The molecule has 2 saturated heterocycles. The minimum absolute atomic E-state index is 0.0110. The van der Waals surface area contributed by atoms with Crippen LogP contribution in [-0.2, 0) is 4.79 Å². The molecule has 0 saturated carbocycles. The summed E-state index contributed by atoms with van der Waals surface area (Å²) in [5.74, 6) is 0.273. The predicted octanol–water partition coefficient (Wildman–Crippen LogP) is 1.47. The highest BCUT2D eigenvalue weighted by Gasteiger charge is 2.36. The van der Waals surface area contributed by atoms with Crippen molar-refractivity contribution in [3.8, 4) is 0 Å². The van der Waals surface area contributed by atoms with Crippen LogP contribution < -0.4 is 0 Å². The smallest absolute Gasteiger partial charge is 0.320 e. The Labute approximate surface area is 140 Å². The Balaban J connectivity index is 1.91. The summed E-state index contributed by atoms with van der Waals surface area (Å²) in [7, 11) is 0. The number of urea groups is 1. The van der Waals surface area contributed by atoms with Crippen molar-refractivity contribution in [3.05, 3.63) is 0 Å². The van der Waals surface area contributed by atoms with E-state index in [1.54, 1.807) is 0 Å². The van der Waals surface area contributed by atoms with E-state index >= 15 is 0 Å². The van der Waals surface area contributed by atoms with Gasteiger partial charge < -0.3 is 14.7 Å². The van der Waals surface area contributed by atoms with Gasteiger partial charge in [-0.25, -0.2) is 4.79 Å². The van der Waals surface area contributed by atoms with E-state index in [2.05, 4.69) is 18.7 Å². The molecule has 0 spiro atoms. The zero-order chi connectivity index (χ0) is 17.0. The first kappa shape index (κ1) is 18.0. The third kappa shape index (κ3) is 3.97. The lowest BCUT2D eigenvalue weighted by Gasteiger charge is -2.44. The Bertz CT molecular complexity index is 415. The number of carbonyl (C=O) groups is 2. The Morgan fingerprint density at radius 3 is 2.26 bits per heavy atom. The predicted molar refractivity (Wildman–Crippen MR) is 91.3 cm³/mol. The number of piperidine rings is 1. The molecule has 0 bridgehead atoms. The summed E-state index contributed by atoms with van der Waals surface area (Å²) in [6.07, 6.45) is 2.03. The number of amides is 3. The van der Waals surface area contributed by atoms with Crippen LogP contribution in [0.2, 0.25) is 0 Å². The van der Waals surface area contributed by atoms with Gasteiger partial charge in [-0.2, -0.15) is 0 Å². The molecule has 0 aromatic carbocycles. The number of nitrogens with zero attached hydrogens (tertiary/aromatic N) is 4. The fourth-order valence-corrected chi connectivity index (χ4v) is 3.65. The number of piperazine rings is 1. The monoisotopic (exact) mass is 324 g/mol. The van der Waals surface area contributed by atoms with Crippen molar-refractivity contribution < 1.29 is 9.59 Å². The lowest BCUT2D eigenvalue weighted by molar-refractivity contribution is -0.142. The van der Waals surface area contributed by atoms with Gasteiger partial charge in [0.2, 0.25) is 5.91 Å². The molecule has 6 nitrogen and oxygen atoms in total. The van der Waals surface area contributed by atoms with Crippen molar-refractivity contribution in [3.63, 3.8) is 0 Å². The van der Waals surface area contributed by atoms with Gasteiger partial charge in [0, 0.05) is 51.9 Å². The third-order valence-corrected chi connectivity index (χ3v) is 5.13. The van der Waals surface area contributed by atoms with Crippen molar-refractivity contribution in [1.29, 1.82) is 0 Å². The summed E-state index contributed by atoms with van der Waals surface area (Å²) < 4.78 is 0. The summed E-state index contributed by atoms with van der Waals surface area (Å²) >= 11 is 0. The number of likely N-dealkylation sites (tertiary alicyclic amines) is 1. The van der Waals surface area contributed by atoms with Gasteiger partial charge in [0.25, 0.3) is 0 Å². The maximum atomic E-state index is 12.7. The molecule has 132 valence electrons. The third-order valence-electron chi connectivity index (χ3n) is 5.13. The summed E-state index contributed by atoms with van der Waals surface area (Å²) in [6.45, 7) is 13.6. The van der Waals surface area contributed by atoms with Crippen molar-refractivity contribution in [1.82, 2.24) is 19.6 Å². The van der Waals surface area contributed by atoms with Crippen molar-refractivity contribution >= 4 is 11.9 Å². The normalized spacial score (nSPS) is 23.5. The molecule has 2 fully saturated rings. The summed E-state index contributed by atoms with van der Waals surface area (Å²) in [5, 5.41) is 0. The first-order valence-electron chi connectivity index (χ1n) is 9.07. The minimum Gasteiger partial charge on any atom is -0.339 e. The topological polar surface area (TPSA) is 47.1 Å². The largest absolute Gasteiger partial charge is 0.339 e. The molecule has 0 aromatic rings. The van der Waals surface area contributed by atoms with Crippen molar-refractivity contribution in [2.45, 2.75) is 52.6 Å². The second-order valence-electron chi connectivity index (χ2n) is 6.76. The number of carbonyl (C=O) groups excluding carboxylic acids is 2. The van der Waals surface area contributed by atoms with E-state index in [-0.39, 0.29) is 24.0 Å². The molecule has 0 aliphatic carbocycles. The quantitative estimate of drug-likeness (QED) is 0.787. The zero-order valence-electron chi connectivity index (χ0n) is 15.1. The zero-order valence-corrected chi connectivity index (χ0v) is 15.1. The molecule has 0 radical (unpaired) electrons. The van der Waals surface area contributed by atoms with Gasteiger partial charge in [-0.15, -0.1) is 0 Å². The summed E-state index contributed by atoms with van der Waals surface area (Å²) in [4.78, 5) is 33.2. The first-order valence-corrected chi connectivity index (χ1v) is 9.07. The molecule has 3 amide bonds. The van der Waals surface area contributed by atoms with E-state index in [1.165, 1.54) is 0 Å². The molecule has 0 unspecified atom stereocenters. The number of hydrogen-bond donors (Lipinski definition) is 0. The van der Waals surface area contributed by atoms with Gasteiger partial charge in [0.1, 0.15) is 0 Å². The highest BCUT2D eigenvalue weighted by molar-refractivity contribution is 5.83. The van der Waals surface area contributed by atoms with E-state index in [9.17, 15) is 9.59 Å². The molecule has 2 heterocycles. The summed E-state index contributed by atoms with van der Waals surface area (Å²) in [5.41, 5.74) is 0. The molecular formula is C17H32N4O2. The maximum absolute atomic E-state index is 12.7. The van der Waals surface area contributed by atoms with E-state index in [0.29, 0.717) is 0 Å². The Morgan fingerprint density at radius 1 is 1.13 bits per heavy atom. The van der Waals surface area contributed by atoms with E-state index < -0.39 is 0 Å². The van der Waals surface area contributed by atoms with E-state index in [4.69, 9.17) is 0 Å². The highest BCUT2D eigenvalue weighted by atomic mass is 16.2. The van der Waals surface area contributed by atoms with Crippen LogP contribution in [0.4, 0.5) is 4.79 Å². The van der Waals surface area contributed by atoms with Crippen molar-refractivity contribution in [2.75, 3.05) is 45.8 Å². The van der Waals surface area contributed by atoms with Gasteiger partial charge in [-0.3, -0.25) is 9.69 Å². The summed E-state index contributed by atoms with van der Waals surface area (Å²) in [6, 6.07) is 0.418. The van der Waals surface area contributed by atoms with Crippen LogP contribution in [0, 0.1) is 0 Å². The number of hydrogen-bond acceptors (Lipinski definition) is 3. The van der Waals surface area contributed by atoms with Crippen LogP contribution >= 0.6 is 0 Å². The van der Waals surface area contributed by atoms with Crippen LogP contribution in [0.5, 0.6) is 0 Å². The SMILES string of the molecule is CCN(CC)C(=O)N1CCN([C@@H]2CCCN(C(C)C)C2=O)CC1. The molecule has 23 heavy (non-hydrogen) atoms. The fourth-order valence-electron chi connectivity index (χ4n) is 3.65. The van der Waals surface area contributed by atoms with Gasteiger partial charge in [-0.1, -0.05) is 0 Å². The Morgan fingerprint density at radius 2 is 1.74 bits per heavy atom. The average Bonchev–Trinajstić information content (AvgIpc) is 2.56. The Kier molecular flexibility index (Phi) is 6.27. The van der Waals surface area contributed by atoms with Gasteiger partial charge in [-0.05, 0) is 40.5 Å². The fraction of sp³-hybridized carbons (Fsp3) is 0.882. The van der Waals surface area contributed by atoms with Gasteiger partial charge in [0.05, 0.1) is 6.04 Å². The van der Waals surface area contributed by atoms with Gasteiger partial charge in [0.15, 0.2) is 0 Å². The van der Waals surface area contributed by atoms with Crippen LogP contribution in [0.3, 0.4) is 0 Å². The molecule has 2 rings (SSSR count). The standard InChI is InChI=1S/C17H32N4O2/c1-5-18(6-2)17(23)20-12-10-19(11-13-20)15-8-7-9-21(14(3)4)16(15)22/h14-15H,5-13H2,1-4H3/t15-/m1/s1. The molecule has 6 heteroatoms. The first-order chi connectivity index (χ1) is 11.0. The molecule has 1 atom stereocenters. The molecule has 2 aliphatic rings. The lowest BCUT2D eigenvalue weighted by atomic mass is 10.0. The Hall–Kier alpha value is -1.30. The molecule has 0 N–H and O–H groups in total. The molecule has 2 aliphatic heterocycles. The van der Waals surface area contributed by atoms with Gasteiger partial charge >= 0.3 is 6.03 Å². The second kappa shape index (κ2) is 7.99. The highest BCUT2D eigenvalue weighted by Crippen LogP contribution is 2.21. The van der Waals surface area contributed by atoms with Crippen molar-refractivity contribution in [2.24, 2.45) is 0 Å². The molecular weight excluding hydrogens is 292 g/mol. The van der Waals surface area contributed by atoms with Crippen LogP contribution in [0.25, 0.3) is 0 Å². The molecule has 0 aromatic heterocycles. The lowest BCUT2D eigenvalue weighted by Crippen LogP contribution is -2.60. The minimum atomic E-state index is 0.0110. The maximum Gasteiger partial charge on any atom is 0.320 e. The van der Waals surface area contributed by atoms with E-state index in [1.807, 2.05) is 28.5 Å². The second-order valence-corrected chi connectivity index (χ2v) is 6.76. The van der Waals surface area contributed by atoms with Crippen LogP contribution in [0.15, 0.2) is 0 Å².